The van der Waals surface area contributed by atoms with Gasteiger partial charge in [-0.2, -0.15) is 18.4 Å². The van der Waals surface area contributed by atoms with Crippen molar-refractivity contribution in [3.8, 4) is 6.07 Å². The maximum atomic E-state index is 12.8. The summed E-state index contributed by atoms with van der Waals surface area (Å²) in [5, 5.41) is 11.4. The van der Waals surface area contributed by atoms with Crippen LogP contribution in [0.4, 0.5) is 13.2 Å². The molecule has 8 heteroatoms. The van der Waals surface area contributed by atoms with Gasteiger partial charge in [0, 0.05) is 5.02 Å². The number of nitrogens with one attached hydrogen (secondary N) is 1. The number of thioether (sulfide) groups is 1. The summed E-state index contributed by atoms with van der Waals surface area (Å²) in [6.45, 7) is 0. The molecule has 0 aliphatic heterocycles. The Morgan fingerprint density at radius 2 is 2.14 bits per heavy atom. The van der Waals surface area contributed by atoms with E-state index >= 15 is 0 Å². The number of carbonyl (C=O) groups excluding carboxylic acids is 1. The van der Waals surface area contributed by atoms with E-state index in [0.29, 0.717) is 18.4 Å². The number of nitrogens with zero attached hydrogens (tertiary/aromatic N) is 1. The van der Waals surface area contributed by atoms with Crippen LogP contribution in [0.15, 0.2) is 18.2 Å². The van der Waals surface area contributed by atoms with Crippen molar-refractivity contribution in [3.05, 3.63) is 34.3 Å². The second-order valence-electron chi connectivity index (χ2n) is 4.97. The van der Waals surface area contributed by atoms with Crippen molar-refractivity contribution in [3.63, 3.8) is 0 Å². The van der Waals surface area contributed by atoms with Gasteiger partial charge in [0.05, 0.1) is 28.7 Å². The fourth-order valence-corrected chi connectivity index (χ4v) is 2.90. The number of hydrogen-bond donors (Lipinski definition) is 1. The predicted octanol–water partition coefficient (Wildman–Crippen LogP) is 3.72. The zero-order valence-electron chi connectivity index (χ0n) is 11.3. The summed E-state index contributed by atoms with van der Waals surface area (Å²) < 4.78 is 38.4. The Bertz CT molecular complexity index is 623. The number of nitriles is 1. The first-order valence-electron chi connectivity index (χ1n) is 6.41. The zero-order valence-corrected chi connectivity index (χ0v) is 12.9. The van der Waals surface area contributed by atoms with Crippen LogP contribution in [-0.2, 0) is 16.5 Å². The maximum absolute atomic E-state index is 12.8. The standard InChI is InChI=1S/C14H12ClF3N2OS/c15-11-2-1-9(14(16,17)18)7-10(11)13(3-4-13)20-12(21)8-22-6-5-19/h1-2,7H,3-4,6,8H2,(H,20,21). The molecule has 1 fully saturated rings. The molecule has 0 atom stereocenters. The minimum Gasteiger partial charge on any atom is -0.346 e. The molecule has 1 saturated carbocycles. The lowest BCUT2D eigenvalue weighted by Gasteiger charge is -2.20. The number of alkyl halides is 3. The summed E-state index contributed by atoms with van der Waals surface area (Å²) in [5.41, 5.74) is -1.31. The third-order valence-corrected chi connectivity index (χ3v) is 4.47. The highest BCUT2D eigenvalue weighted by Crippen LogP contribution is 2.49. The molecule has 118 valence electrons. The number of carbonyl (C=O) groups is 1. The van der Waals surface area contributed by atoms with Crippen molar-refractivity contribution >= 4 is 29.3 Å². The van der Waals surface area contributed by atoms with E-state index in [2.05, 4.69) is 5.32 Å². The molecular weight excluding hydrogens is 337 g/mol. The van der Waals surface area contributed by atoms with E-state index in [1.54, 1.807) is 0 Å². The highest BCUT2D eigenvalue weighted by atomic mass is 35.5. The topological polar surface area (TPSA) is 52.9 Å². The van der Waals surface area contributed by atoms with Crippen LogP contribution in [0.25, 0.3) is 0 Å². The molecule has 0 aromatic heterocycles. The maximum Gasteiger partial charge on any atom is 0.416 e. The molecule has 0 spiro atoms. The normalized spacial score (nSPS) is 16.0. The van der Waals surface area contributed by atoms with Gasteiger partial charge in [-0.15, -0.1) is 11.8 Å². The fourth-order valence-electron chi connectivity index (χ4n) is 2.15. The predicted molar refractivity (Wildman–Crippen MR) is 78.4 cm³/mol. The molecule has 1 N–H and O–H groups in total. The average Bonchev–Trinajstić information content (AvgIpc) is 3.18. The number of amides is 1. The Kier molecular flexibility index (Phi) is 4.93. The molecule has 0 bridgehead atoms. The molecule has 0 saturated heterocycles. The first-order valence-corrected chi connectivity index (χ1v) is 7.95. The van der Waals surface area contributed by atoms with Crippen LogP contribution < -0.4 is 5.32 Å². The van der Waals surface area contributed by atoms with Crippen molar-refractivity contribution in [2.45, 2.75) is 24.6 Å². The van der Waals surface area contributed by atoms with Crippen molar-refractivity contribution in [2.24, 2.45) is 0 Å². The third kappa shape index (κ3) is 3.87. The van der Waals surface area contributed by atoms with Gasteiger partial charge in [0.1, 0.15) is 0 Å². The van der Waals surface area contributed by atoms with Crippen molar-refractivity contribution in [1.82, 2.24) is 5.32 Å². The van der Waals surface area contributed by atoms with Crippen LogP contribution in [0.1, 0.15) is 24.0 Å². The lowest BCUT2D eigenvalue weighted by Crippen LogP contribution is -2.36. The Morgan fingerprint density at radius 1 is 1.45 bits per heavy atom. The van der Waals surface area contributed by atoms with Crippen LogP contribution >= 0.6 is 23.4 Å². The van der Waals surface area contributed by atoms with Gasteiger partial charge in [0.25, 0.3) is 0 Å². The molecule has 0 heterocycles. The first-order chi connectivity index (χ1) is 10.3. The van der Waals surface area contributed by atoms with E-state index in [9.17, 15) is 18.0 Å². The Hall–Kier alpha value is -1.39. The summed E-state index contributed by atoms with van der Waals surface area (Å²) in [6, 6.07) is 5.03. The van der Waals surface area contributed by atoms with Gasteiger partial charge < -0.3 is 5.32 Å². The summed E-state index contributed by atoms with van der Waals surface area (Å²) >= 11 is 7.16. The summed E-state index contributed by atoms with van der Waals surface area (Å²) in [6.07, 6.45) is -3.37. The Labute approximate surface area is 134 Å². The van der Waals surface area contributed by atoms with Gasteiger partial charge in [0.15, 0.2) is 0 Å². The molecular formula is C14H12ClF3N2OS. The van der Waals surface area contributed by atoms with Gasteiger partial charge >= 0.3 is 6.18 Å². The Balaban J connectivity index is 2.17. The minimum absolute atomic E-state index is 0.0892. The molecule has 1 aliphatic carbocycles. The van der Waals surface area contributed by atoms with Gasteiger partial charge in [0.2, 0.25) is 5.91 Å². The molecule has 1 aliphatic rings. The van der Waals surface area contributed by atoms with Gasteiger partial charge in [-0.1, -0.05) is 11.6 Å². The molecule has 1 aromatic rings. The molecule has 0 unspecified atom stereocenters. The summed E-state index contributed by atoms with van der Waals surface area (Å²) in [4.78, 5) is 11.8. The van der Waals surface area contributed by atoms with Crippen LogP contribution in [0.5, 0.6) is 0 Å². The average molecular weight is 349 g/mol. The van der Waals surface area contributed by atoms with Crippen molar-refractivity contribution in [1.29, 1.82) is 5.26 Å². The zero-order chi connectivity index (χ0) is 16.4. The largest absolute Gasteiger partial charge is 0.416 e. The molecule has 22 heavy (non-hydrogen) atoms. The molecule has 1 amide bonds. The van der Waals surface area contributed by atoms with E-state index in [1.165, 1.54) is 6.07 Å². The van der Waals surface area contributed by atoms with E-state index in [0.717, 1.165) is 23.9 Å². The second kappa shape index (κ2) is 6.39. The number of rotatable bonds is 5. The molecule has 2 rings (SSSR count). The van der Waals surface area contributed by atoms with E-state index in [-0.39, 0.29) is 22.4 Å². The second-order valence-corrected chi connectivity index (χ2v) is 6.37. The number of hydrogen-bond acceptors (Lipinski definition) is 3. The van der Waals surface area contributed by atoms with Gasteiger partial charge in [-0.25, -0.2) is 0 Å². The third-order valence-electron chi connectivity index (χ3n) is 3.34. The van der Waals surface area contributed by atoms with Gasteiger partial charge in [-0.05, 0) is 36.6 Å². The molecule has 1 aromatic carbocycles. The monoisotopic (exact) mass is 348 g/mol. The molecule has 3 nitrogen and oxygen atoms in total. The van der Waals surface area contributed by atoms with Crippen LogP contribution in [-0.4, -0.2) is 17.4 Å². The molecule has 0 radical (unpaired) electrons. The SMILES string of the molecule is N#CCSCC(=O)NC1(c2cc(C(F)(F)F)ccc2Cl)CC1. The van der Waals surface area contributed by atoms with Gasteiger partial charge in [-0.3, -0.25) is 4.79 Å². The fraction of sp³-hybridized carbons (Fsp3) is 0.429. The van der Waals surface area contributed by atoms with Crippen LogP contribution in [0.2, 0.25) is 5.02 Å². The number of halogens is 4. The van der Waals surface area contributed by atoms with E-state index < -0.39 is 17.3 Å². The highest BCUT2D eigenvalue weighted by molar-refractivity contribution is 8.00. The van der Waals surface area contributed by atoms with Crippen LogP contribution in [0.3, 0.4) is 0 Å². The summed E-state index contributed by atoms with van der Waals surface area (Å²) in [5.74, 6) is -0.0392. The lowest BCUT2D eigenvalue weighted by molar-refractivity contribution is -0.137. The minimum atomic E-state index is -4.46. The van der Waals surface area contributed by atoms with E-state index in [4.69, 9.17) is 16.9 Å². The smallest absolute Gasteiger partial charge is 0.346 e. The first kappa shape index (κ1) is 17.0. The highest BCUT2D eigenvalue weighted by Gasteiger charge is 2.47. The van der Waals surface area contributed by atoms with Crippen LogP contribution in [0, 0.1) is 11.3 Å². The van der Waals surface area contributed by atoms with Crippen molar-refractivity contribution < 1.29 is 18.0 Å². The Morgan fingerprint density at radius 3 is 2.68 bits per heavy atom. The van der Waals surface area contributed by atoms with Crippen molar-refractivity contribution in [2.75, 3.05) is 11.5 Å². The summed E-state index contributed by atoms with van der Waals surface area (Å²) in [7, 11) is 0. The number of benzene rings is 1. The van der Waals surface area contributed by atoms with E-state index in [1.807, 2.05) is 6.07 Å². The quantitative estimate of drug-likeness (QED) is 0.825. The lowest BCUT2D eigenvalue weighted by atomic mass is 10.0.